The predicted molar refractivity (Wildman–Crippen MR) is 163 cm³/mol. The van der Waals surface area contributed by atoms with Gasteiger partial charge in [0, 0.05) is 62.2 Å². The Morgan fingerprint density at radius 3 is 2.59 bits per heavy atom. The van der Waals surface area contributed by atoms with Gasteiger partial charge in [-0.2, -0.15) is 5.26 Å². The summed E-state index contributed by atoms with van der Waals surface area (Å²) in [5.41, 5.74) is 6.61. The maximum atomic E-state index is 11.9. The molecule has 0 aliphatic carbocycles. The molecule has 2 aromatic heterocycles. The number of aromatic nitrogens is 2. The number of terminal acetylenes is 1. The zero-order valence-electron chi connectivity index (χ0n) is 23.6. The lowest BCUT2D eigenvalue weighted by molar-refractivity contribution is -0.121. The first kappa shape index (κ1) is 28.9. The van der Waals surface area contributed by atoms with Crippen LogP contribution in [-0.4, -0.2) is 29.0 Å². The first-order chi connectivity index (χ1) is 19.9. The van der Waals surface area contributed by atoms with Crippen LogP contribution in [0.4, 0.5) is 5.69 Å². The van der Waals surface area contributed by atoms with Gasteiger partial charge in [-0.05, 0) is 92.1 Å². The highest BCUT2D eigenvalue weighted by atomic mass is 16.5. The molecule has 206 valence electrons. The Balaban J connectivity index is 1.54. The van der Waals surface area contributed by atoms with Crippen molar-refractivity contribution in [3.63, 3.8) is 0 Å². The van der Waals surface area contributed by atoms with Gasteiger partial charge in [-0.25, -0.2) is 0 Å². The Labute approximate surface area is 241 Å². The second kappa shape index (κ2) is 13.8. The largest absolute Gasteiger partial charge is 0.457 e. The summed E-state index contributed by atoms with van der Waals surface area (Å²) in [6, 6.07) is 15.9. The van der Waals surface area contributed by atoms with E-state index in [-0.39, 0.29) is 5.91 Å². The van der Waals surface area contributed by atoms with Gasteiger partial charge in [-0.15, -0.1) is 12.3 Å². The van der Waals surface area contributed by atoms with Crippen molar-refractivity contribution in [1.82, 2.24) is 15.3 Å². The van der Waals surface area contributed by atoms with Crippen LogP contribution in [-0.2, 0) is 11.3 Å². The number of carbonyl (C=O) groups is 1. The zero-order chi connectivity index (χ0) is 29.2. The fourth-order valence-corrected chi connectivity index (χ4v) is 4.54. The third-order valence-electron chi connectivity index (χ3n) is 6.78. The maximum absolute atomic E-state index is 11.9. The summed E-state index contributed by atoms with van der Waals surface area (Å²) < 4.78 is 6.22. The molecule has 0 radical (unpaired) electrons. The van der Waals surface area contributed by atoms with E-state index < -0.39 is 0 Å². The smallest absolute Gasteiger partial charge is 0.221 e. The van der Waals surface area contributed by atoms with E-state index in [1.165, 1.54) is 0 Å². The van der Waals surface area contributed by atoms with Gasteiger partial charge in [0.2, 0.25) is 5.91 Å². The molecule has 0 spiro atoms. The van der Waals surface area contributed by atoms with Crippen LogP contribution in [0.1, 0.15) is 50.3 Å². The number of ether oxygens (including phenoxy) is 1. The minimum absolute atomic E-state index is 0.0980. The highest BCUT2D eigenvalue weighted by Crippen LogP contribution is 2.36. The third-order valence-corrected chi connectivity index (χ3v) is 6.78. The Morgan fingerprint density at radius 2 is 1.85 bits per heavy atom. The van der Waals surface area contributed by atoms with Crippen molar-refractivity contribution in [1.29, 1.82) is 5.26 Å². The highest BCUT2D eigenvalue weighted by molar-refractivity contribution is 5.80. The first-order valence-electron chi connectivity index (χ1n) is 13.6. The fraction of sp³-hybridized carbons (Fsp3) is 0.235. The SMILES string of the molecule is C#CCCC(=O)NCc1ccnc(-c2cc(/C(C#N)=C/C=C3/C=C(C)c4ccc(N(CC)CC)cc4O3)ccn2)c1. The summed E-state index contributed by atoms with van der Waals surface area (Å²) in [4.78, 5) is 23.1. The number of nitrogens with zero attached hydrogens (tertiary/aromatic N) is 4. The monoisotopic (exact) mass is 543 g/mol. The van der Waals surface area contributed by atoms with Crippen LogP contribution < -0.4 is 15.0 Å². The van der Waals surface area contributed by atoms with Crippen LogP contribution in [0.25, 0.3) is 22.5 Å². The van der Waals surface area contributed by atoms with Crippen LogP contribution in [0, 0.1) is 23.7 Å². The van der Waals surface area contributed by atoms with E-state index in [9.17, 15) is 10.1 Å². The second-order valence-corrected chi connectivity index (χ2v) is 9.50. The number of pyridine rings is 2. The molecule has 7 heteroatoms. The van der Waals surface area contributed by atoms with E-state index in [0.29, 0.717) is 47.7 Å². The van der Waals surface area contributed by atoms with Gasteiger partial charge in [-0.3, -0.25) is 14.8 Å². The molecule has 1 N–H and O–H groups in total. The Bertz CT molecular complexity index is 1600. The Kier molecular flexibility index (Phi) is 9.70. The molecule has 1 aromatic carbocycles. The number of hydrogen-bond acceptors (Lipinski definition) is 6. The molecule has 3 heterocycles. The third kappa shape index (κ3) is 7.29. The van der Waals surface area contributed by atoms with Crippen molar-refractivity contribution < 1.29 is 9.53 Å². The van der Waals surface area contributed by atoms with Crippen LogP contribution in [0.5, 0.6) is 5.75 Å². The molecule has 1 amide bonds. The lowest BCUT2D eigenvalue weighted by Gasteiger charge is -2.24. The molecule has 0 bridgehead atoms. The lowest BCUT2D eigenvalue weighted by Crippen LogP contribution is -2.22. The summed E-state index contributed by atoms with van der Waals surface area (Å²) in [7, 11) is 0. The summed E-state index contributed by atoms with van der Waals surface area (Å²) in [6.07, 6.45) is 14.8. The van der Waals surface area contributed by atoms with Gasteiger partial charge >= 0.3 is 0 Å². The molecule has 0 saturated heterocycles. The van der Waals surface area contributed by atoms with Crippen LogP contribution >= 0.6 is 0 Å². The molecule has 0 fully saturated rings. The molecule has 0 saturated carbocycles. The molecule has 0 unspecified atom stereocenters. The number of carbonyl (C=O) groups excluding carboxylic acids is 1. The van der Waals surface area contributed by atoms with E-state index in [1.54, 1.807) is 24.5 Å². The summed E-state index contributed by atoms with van der Waals surface area (Å²) in [6.45, 7) is 8.52. The first-order valence-corrected chi connectivity index (χ1v) is 13.6. The average molecular weight is 544 g/mol. The van der Waals surface area contributed by atoms with Crippen LogP contribution in [0.3, 0.4) is 0 Å². The number of rotatable bonds is 10. The van der Waals surface area contributed by atoms with Gasteiger partial charge in [-0.1, -0.05) is 0 Å². The number of nitrogens with one attached hydrogen (secondary N) is 1. The van der Waals surface area contributed by atoms with Crippen LogP contribution in [0.2, 0.25) is 0 Å². The highest BCUT2D eigenvalue weighted by Gasteiger charge is 2.16. The number of hydrogen-bond donors (Lipinski definition) is 1. The van der Waals surface area contributed by atoms with Crippen molar-refractivity contribution in [2.45, 2.75) is 40.2 Å². The molecule has 1 aliphatic rings. The van der Waals surface area contributed by atoms with Crippen molar-refractivity contribution in [2.75, 3.05) is 18.0 Å². The molecular weight excluding hydrogens is 510 g/mol. The maximum Gasteiger partial charge on any atom is 0.221 e. The minimum Gasteiger partial charge on any atom is -0.457 e. The average Bonchev–Trinajstić information content (AvgIpc) is 3.00. The number of fused-ring (bicyclic) bond motifs is 1. The summed E-state index contributed by atoms with van der Waals surface area (Å²) in [5.74, 6) is 3.83. The number of nitriles is 1. The molecule has 1 aliphatic heterocycles. The molecule has 41 heavy (non-hydrogen) atoms. The Hall–Kier alpha value is -5.14. The van der Waals surface area contributed by atoms with Crippen molar-refractivity contribution in [3.8, 4) is 35.6 Å². The molecule has 0 atom stereocenters. The molecular formula is C34H33N5O2. The number of amides is 1. The van der Waals surface area contributed by atoms with E-state index in [2.05, 4.69) is 71.1 Å². The van der Waals surface area contributed by atoms with E-state index in [4.69, 9.17) is 11.2 Å². The lowest BCUT2D eigenvalue weighted by atomic mass is 10.0. The van der Waals surface area contributed by atoms with Gasteiger partial charge in [0.1, 0.15) is 11.5 Å². The summed E-state index contributed by atoms with van der Waals surface area (Å²) >= 11 is 0. The minimum atomic E-state index is -0.0980. The second-order valence-electron chi connectivity index (χ2n) is 9.50. The van der Waals surface area contributed by atoms with Crippen LogP contribution in [0.15, 0.2) is 78.8 Å². The van der Waals surface area contributed by atoms with Gasteiger partial charge in [0.25, 0.3) is 0 Å². The van der Waals surface area contributed by atoms with Crippen molar-refractivity contribution >= 4 is 22.7 Å². The predicted octanol–water partition coefficient (Wildman–Crippen LogP) is 6.31. The number of anilines is 1. The standard InChI is InChI=1S/C34H33N5O2/c1-5-8-9-34(40)38-23-25-14-16-36-31(19-25)32-20-26(15-17-37-32)27(22-35)10-12-29-18-24(4)30-13-11-28(21-33(30)41-29)39(6-2)7-3/h1,10-21H,6-9,23H2,2-4H3,(H,38,40)/b27-10+,29-12-. The quantitative estimate of drug-likeness (QED) is 0.238. The van der Waals surface area contributed by atoms with Crippen molar-refractivity contribution in [3.05, 3.63) is 95.5 Å². The zero-order valence-corrected chi connectivity index (χ0v) is 23.6. The van der Waals surface area contributed by atoms with Gasteiger partial charge < -0.3 is 15.0 Å². The Morgan fingerprint density at radius 1 is 1.10 bits per heavy atom. The topological polar surface area (TPSA) is 91.1 Å². The molecule has 4 rings (SSSR count). The number of benzene rings is 1. The molecule has 3 aromatic rings. The number of allylic oxidation sites excluding steroid dienone is 5. The van der Waals surface area contributed by atoms with Gasteiger partial charge in [0.15, 0.2) is 0 Å². The van der Waals surface area contributed by atoms with E-state index in [0.717, 1.165) is 41.2 Å². The normalized spacial score (nSPS) is 13.3. The van der Waals surface area contributed by atoms with E-state index in [1.807, 2.05) is 30.4 Å². The van der Waals surface area contributed by atoms with Crippen molar-refractivity contribution in [2.24, 2.45) is 0 Å². The van der Waals surface area contributed by atoms with E-state index >= 15 is 0 Å². The fourth-order valence-electron chi connectivity index (χ4n) is 4.54. The van der Waals surface area contributed by atoms with Gasteiger partial charge in [0.05, 0.1) is 23.0 Å². The molecule has 7 nitrogen and oxygen atoms in total. The summed E-state index contributed by atoms with van der Waals surface area (Å²) in [5, 5.41) is 12.8.